The molecule has 3 heterocycles. The fourth-order valence-electron chi connectivity index (χ4n) is 5.59. The summed E-state index contributed by atoms with van der Waals surface area (Å²) in [5.74, 6) is -1.38. The zero-order chi connectivity index (χ0) is 22.1. The van der Waals surface area contributed by atoms with E-state index < -0.39 is 23.5 Å². The second-order valence-corrected chi connectivity index (χ2v) is 8.38. The lowest BCUT2D eigenvalue weighted by atomic mass is 9.82. The van der Waals surface area contributed by atoms with Crippen LogP contribution in [0.4, 0.5) is 4.79 Å². The van der Waals surface area contributed by atoms with E-state index in [1.807, 2.05) is 23.1 Å². The second kappa shape index (κ2) is 6.66. The summed E-state index contributed by atoms with van der Waals surface area (Å²) >= 11 is 0. The number of hydrogen-bond acceptors (Lipinski definition) is 8. The van der Waals surface area contributed by atoms with E-state index in [4.69, 9.17) is 20.9 Å². The minimum atomic E-state index is -1.02. The highest BCUT2D eigenvalue weighted by molar-refractivity contribution is 6.25. The van der Waals surface area contributed by atoms with Crippen molar-refractivity contribution in [2.45, 2.75) is 31.3 Å². The number of carbonyl (C=O) groups is 3. The molecule has 162 valence electrons. The molecule has 4 N–H and O–H groups in total. The number of Topliss-reactive ketones (excluding diaryl/α,β-unsaturated/α-hetero) is 2. The molecular weight excluding hydrogens is 400 g/mol. The van der Waals surface area contributed by atoms with E-state index in [2.05, 4.69) is 17.0 Å². The quantitative estimate of drug-likeness (QED) is 0.509. The number of amides is 1. The Morgan fingerprint density at radius 1 is 1.23 bits per heavy atom. The van der Waals surface area contributed by atoms with Gasteiger partial charge in [-0.1, -0.05) is 30.3 Å². The van der Waals surface area contributed by atoms with Crippen molar-refractivity contribution in [3.63, 3.8) is 0 Å². The van der Waals surface area contributed by atoms with Crippen molar-refractivity contribution < 1.29 is 23.9 Å². The maximum absolute atomic E-state index is 13.2. The second-order valence-electron chi connectivity index (χ2n) is 8.38. The predicted octanol–water partition coefficient (Wildman–Crippen LogP) is 0.261. The SMILES string of the molecule is CO[C@@]12[C@H](COC(N)=O)C3=C(C(=O)C(C)=C(N)C3=O)N1C[C@H]1[C@@H]2N1Cc1ccccc1. The van der Waals surface area contributed by atoms with Gasteiger partial charge in [-0.25, -0.2) is 4.79 Å². The molecule has 2 saturated heterocycles. The van der Waals surface area contributed by atoms with Gasteiger partial charge in [0.1, 0.15) is 6.61 Å². The molecule has 1 unspecified atom stereocenters. The first-order valence-electron chi connectivity index (χ1n) is 10.2. The number of ketones is 2. The third-order valence-corrected chi connectivity index (χ3v) is 7.02. The van der Waals surface area contributed by atoms with Crippen LogP contribution in [0.15, 0.2) is 52.9 Å². The minimum Gasteiger partial charge on any atom is -0.449 e. The average Bonchev–Trinajstić information content (AvgIpc) is 3.18. The number of carbonyl (C=O) groups excluding carboxylic acids is 3. The highest BCUT2D eigenvalue weighted by Gasteiger charge is 2.76. The molecule has 31 heavy (non-hydrogen) atoms. The number of ether oxygens (including phenoxy) is 2. The summed E-state index contributed by atoms with van der Waals surface area (Å²) in [4.78, 5) is 41.8. The first-order valence-corrected chi connectivity index (χ1v) is 10.2. The van der Waals surface area contributed by atoms with Crippen LogP contribution in [0.2, 0.25) is 0 Å². The predicted molar refractivity (Wildman–Crippen MR) is 109 cm³/mol. The molecule has 2 fully saturated rings. The van der Waals surface area contributed by atoms with E-state index in [1.165, 1.54) is 0 Å². The summed E-state index contributed by atoms with van der Waals surface area (Å²) < 4.78 is 11.2. The number of fused-ring (bicyclic) bond motifs is 4. The minimum absolute atomic E-state index is 0.0752. The highest BCUT2D eigenvalue weighted by Crippen LogP contribution is 2.60. The Labute approximate surface area is 179 Å². The average molecular weight is 424 g/mol. The normalized spacial score (nSPS) is 33.4. The molecule has 1 aliphatic carbocycles. The lowest BCUT2D eigenvalue weighted by Crippen LogP contribution is -2.55. The van der Waals surface area contributed by atoms with Gasteiger partial charge in [-0.2, -0.15) is 0 Å². The lowest BCUT2D eigenvalue weighted by molar-refractivity contribution is -0.146. The van der Waals surface area contributed by atoms with Crippen molar-refractivity contribution >= 4 is 17.7 Å². The van der Waals surface area contributed by atoms with Crippen LogP contribution in [-0.4, -0.2) is 65.5 Å². The maximum atomic E-state index is 13.2. The molecule has 0 bridgehead atoms. The Morgan fingerprint density at radius 2 is 1.94 bits per heavy atom. The van der Waals surface area contributed by atoms with E-state index in [9.17, 15) is 14.4 Å². The number of nitrogens with zero attached hydrogens (tertiary/aromatic N) is 2. The Bertz CT molecular complexity index is 1060. The van der Waals surface area contributed by atoms with Gasteiger partial charge in [-0.3, -0.25) is 14.5 Å². The van der Waals surface area contributed by atoms with E-state index in [1.54, 1.807) is 14.0 Å². The summed E-state index contributed by atoms with van der Waals surface area (Å²) in [5.41, 5.74) is 12.0. The maximum Gasteiger partial charge on any atom is 0.404 e. The van der Waals surface area contributed by atoms with Gasteiger partial charge in [0.2, 0.25) is 11.6 Å². The van der Waals surface area contributed by atoms with Gasteiger partial charge in [-0.05, 0) is 12.5 Å². The highest BCUT2D eigenvalue weighted by atomic mass is 16.6. The third kappa shape index (κ3) is 2.53. The summed E-state index contributed by atoms with van der Waals surface area (Å²) in [6.45, 7) is 2.62. The van der Waals surface area contributed by atoms with Crippen LogP contribution >= 0.6 is 0 Å². The number of hydrogen-bond donors (Lipinski definition) is 2. The van der Waals surface area contributed by atoms with Gasteiger partial charge in [-0.15, -0.1) is 0 Å². The summed E-state index contributed by atoms with van der Waals surface area (Å²) in [5, 5.41) is 0. The van der Waals surface area contributed by atoms with E-state index in [-0.39, 0.29) is 41.3 Å². The molecule has 0 saturated carbocycles. The molecule has 0 radical (unpaired) electrons. The van der Waals surface area contributed by atoms with Gasteiger partial charge < -0.3 is 25.8 Å². The number of benzene rings is 1. The van der Waals surface area contributed by atoms with Crippen LogP contribution in [0, 0.1) is 5.92 Å². The molecule has 1 aromatic carbocycles. The van der Waals surface area contributed by atoms with Gasteiger partial charge >= 0.3 is 6.09 Å². The van der Waals surface area contributed by atoms with Crippen LogP contribution in [0.25, 0.3) is 0 Å². The first kappa shape index (κ1) is 19.8. The number of piperazine rings is 1. The van der Waals surface area contributed by atoms with Gasteiger partial charge in [0.25, 0.3) is 0 Å². The number of primary amides is 1. The Morgan fingerprint density at radius 3 is 2.58 bits per heavy atom. The van der Waals surface area contributed by atoms with Crippen molar-refractivity contribution in [3.8, 4) is 0 Å². The standard InChI is InChI=1S/C22H24N4O5/c1-11-16(23)19(28)15-13(10-31-21(24)29)22(30-2)20-14(9-26(22)17(15)18(11)27)25(20)8-12-6-4-3-5-7-12/h3-7,13-14,20H,8-10,23H2,1-2H3,(H2,24,29)/t13-,14+,20+,22-,25?/m1/s1. The Balaban J connectivity index is 1.54. The molecule has 0 aromatic heterocycles. The largest absolute Gasteiger partial charge is 0.449 e. The van der Waals surface area contributed by atoms with Crippen LogP contribution in [0.5, 0.6) is 0 Å². The smallest absolute Gasteiger partial charge is 0.404 e. The molecule has 1 amide bonds. The summed E-state index contributed by atoms with van der Waals surface area (Å²) in [6.07, 6.45) is -0.951. The van der Waals surface area contributed by atoms with Crippen molar-refractivity contribution in [2.75, 3.05) is 20.3 Å². The number of methoxy groups -OCH3 is 1. The van der Waals surface area contributed by atoms with E-state index >= 15 is 0 Å². The fourth-order valence-corrected chi connectivity index (χ4v) is 5.59. The van der Waals surface area contributed by atoms with Crippen molar-refractivity contribution in [1.82, 2.24) is 9.80 Å². The van der Waals surface area contributed by atoms with Gasteiger partial charge in [0, 0.05) is 37.4 Å². The zero-order valence-corrected chi connectivity index (χ0v) is 17.3. The van der Waals surface area contributed by atoms with Crippen molar-refractivity contribution in [2.24, 2.45) is 17.4 Å². The molecule has 5 atom stereocenters. The number of rotatable bonds is 5. The Kier molecular flexibility index (Phi) is 4.25. The molecule has 9 nitrogen and oxygen atoms in total. The third-order valence-electron chi connectivity index (χ3n) is 7.02. The van der Waals surface area contributed by atoms with Crippen molar-refractivity contribution in [1.29, 1.82) is 0 Å². The Hall–Kier alpha value is -3.17. The zero-order valence-electron chi connectivity index (χ0n) is 17.3. The monoisotopic (exact) mass is 424 g/mol. The molecule has 3 aliphatic heterocycles. The van der Waals surface area contributed by atoms with Gasteiger partial charge in [0.05, 0.1) is 23.4 Å². The van der Waals surface area contributed by atoms with Crippen LogP contribution in [0.3, 0.4) is 0 Å². The molecule has 5 rings (SSSR count). The van der Waals surface area contributed by atoms with Crippen molar-refractivity contribution in [3.05, 3.63) is 58.4 Å². The molecule has 4 aliphatic rings. The molecule has 0 spiro atoms. The molecule has 1 aromatic rings. The fraction of sp³-hybridized carbons (Fsp3) is 0.409. The van der Waals surface area contributed by atoms with E-state index in [0.717, 1.165) is 5.56 Å². The first-order chi connectivity index (χ1) is 14.8. The number of nitrogens with two attached hydrogens (primary N) is 2. The summed E-state index contributed by atoms with van der Waals surface area (Å²) in [7, 11) is 1.56. The summed E-state index contributed by atoms with van der Waals surface area (Å²) in [6, 6.07) is 10.1. The topological polar surface area (TPSA) is 128 Å². The van der Waals surface area contributed by atoms with E-state index in [0.29, 0.717) is 18.8 Å². The van der Waals surface area contributed by atoms with Crippen LogP contribution in [0.1, 0.15) is 12.5 Å². The number of allylic oxidation sites excluding steroid dienone is 2. The van der Waals surface area contributed by atoms with Crippen LogP contribution < -0.4 is 11.5 Å². The van der Waals surface area contributed by atoms with Gasteiger partial charge in [0.15, 0.2) is 5.72 Å². The lowest BCUT2D eigenvalue weighted by Gasteiger charge is -2.41. The molecular formula is C22H24N4O5. The van der Waals surface area contributed by atoms with Crippen LogP contribution in [-0.2, 0) is 25.6 Å². The molecule has 9 heteroatoms.